The topological polar surface area (TPSA) is 36.0 Å². The predicted molar refractivity (Wildman–Crippen MR) is 57.9 cm³/mol. The van der Waals surface area contributed by atoms with Crippen LogP contribution in [0.2, 0.25) is 0 Å². The fourth-order valence-electron chi connectivity index (χ4n) is 1.94. The minimum absolute atomic E-state index is 0.431. The van der Waals surface area contributed by atoms with Crippen LogP contribution in [0.15, 0.2) is 17.2 Å². The summed E-state index contributed by atoms with van der Waals surface area (Å²) < 4.78 is 11.7. The third-order valence-corrected chi connectivity index (χ3v) is 4.13. The Kier molecular flexibility index (Phi) is 2.79. The van der Waals surface area contributed by atoms with Crippen LogP contribution in [-0.4, -0.2) is 15.3 Å². The van der Waals surface area contributed by atoms with E-state index < -0.39 is 11.2 Å². The first kappa shape index (κ1) is 9.99. The van der Waals surface area contributed by atoms with Crippen molar-refractivity contribution in [2.75, 3.05) is 5.75 Å². The van der Waals surface area contributed by atoms with E-state index in [1.807, 2.05) is 6.07 Å². The lowest BCUT2D eigenvalue weighted by atomic mass is 10.0. The molecule has 1 aliphatic rings. The minimum Gasteiger partial charge on any atom is -0.611 e. The zero-order valence-electron chi connectivity index (χ0n) is 8.62. The molecule has 2 nitrogen and oxygen atoms in total. The largest absolute Gasteiger partial charge is 0.611 e. The second kappa shape index (κ2) is 3.91. The van der Waals surface area contributed by atoms with Crippen molar-refractivity contribution in [3.63, 3.8) is 0 Å². The number of pyridine rings is 1. The zero-order chi connectivity index (χ0) is 10.1. The van der Waals surface area contributed by atoms with Gasteiger partial charge in [0.15, 0.2) is 4.90 Å². The summed E-state index contributed by atoms with van der Waals surface area (Å²) in [5.74, 6) is 1.24. The van der Waals surface area contributed by atoms with E-state index in [2.05, 4.69) is 18.8 Å². The fraction of sp³-hybridized carbons (Fsp3) is 0.545. The zero-order valence-corrected chi connectivity index (χ0v) is 9.43. The quantitative estimate of drug-likeness (QED) is 0.665. The number of hydrogen-bond donors (Lipinski definition) is 0. The van der Waals surface area contributed by atoms with Crippen LogP contribution in [0.1, 0.15) is 37.4 Å². The monoisotopic (exact) mass is 209 g/mol. The van der Waals surface area contributed by atoms with Crippen molar-refractivity contribution in [3.8, 4) is 0 Å². The van der Waals surface area contributed by atoms with Crippen LogP contribution in [0.25, 0.3) is 0 Å². The van der Waals surface area contributed by atoms with Crippen molar-refractivity contribution in [3.05, 3.63) is 23.5 Å². The molecule has 1 aromatic rings. The number of nitrogens with zero attached hydrogens (tertiary/aromatic N) is 1. The maximum Gasteiger partial charge on any atom is 0.159 e. The van der Waals surface area contributed by atoms with Crippen molar-refractivity contribution >= 4 is 11.2 Å². The fourth-order valence-corrected chi connectivity index (χ4v) is 3.26. The summed E-state index contributed by atoms with van der Waals surface area (Å²) in [4.78, 5) is 5.41. The van der Waals surface area contributed by atoms with E-state index in [1.54, 1.807) is 6.20 Å². The SMILES string of the molecule is CC(C)c1nccc2c1CCC[S+]2[O-]. The Bertz CT molecular complexity index is 324. The lowest BCUT2D eigenvalue weighted by Gasteiger charge is -2.21. The third kappa shape index (κ3) is 1.66. The highest BCUT2D eigenvalue weighted by Crippen LogP contribution is 2.29. The molecule has 0 N–H and O–H groups in total. The Morgan fingerprint density at radius 3 is 3.00 bits per heavy atom. The van der Waals surface area contributed by atoms with E-state index in [0.29, 0.717) is 5.92 Å². The molecular formula is C11H15NOS. The predicted octanol–water partition coefficient (Wildman–Crippen LogP) is 2.26. The van der Waals surface area contributed by atoms with Gasteiger partial charge in [-0.05, 0) is 29.9 Å². The van der Waals surface area contributed by atoms with Crippen molar-refractivity contribution in [2.24, 2.45) is 0 Å². The van der Waals surface area contributed by atoms with Gasteiger partial charge in [-0.25, -0.2) is 0 Å². The Hall–Kier alpha value is -0.540. The molecule has 0 radical (unpaired) electrons. The van der Waals surface area contributed by atoms with Gasteiger partial charge in [-0.3, -0.25) is 4.98 Å². The molecular weight excluding hydrogens is 194 g/mol. The molecule has 1 unspecified atom stereocenters. The number of aromatic nitrogens is 1. The standard InChI is InChI=1S/C11H15NOS/c1-8(2)11-9-4-3-7-14(13)10(9)5-6-12-11/h5-6,8H,3-4,7H2,1-2H3. The highest BCUT2D eigenvalue weighted by Gasteiger charge is 2.25. The molecule has 1 aromatic heterocycles. The first-order valence-electron chi connectivity index (χ1n) is 5.06. The van der Waals surface area contributed by atoms with E-state index in [-0.39, 0.29) is 0 Å². The summed E-state index contributed by atoms with van der Waals surface area (Å²) in [6.07, 6.45) is 3.87. The van der Waals surface area contributed by atoms with Gasteiger partial charge in [0.2, 0.25) is 0 Å². The smallest absolute Gasteiger partial charge is 0.159 e. The highest BCUT2D eigenvalue weighted by atomic mass is 32.2. The van der Waals surface area contributed by atoms with E-state index in [1.165, 1.54) is 5.56 Å². The van der Waals surface area contributed by atoms with Crippen LogP contribution in [-0.2, 0) is 17.6 Å². The molecule has 0 fully saturated rings. The van der Waals surface area contributed by atoms with Crippen molar-refractivity contribution in [2.45, 2.75) is 37.5 Å². The van der Waals surface area contributed by atoms with Crippen LogP contribution in [0.4, 0.5) is 0 Å². The molecule has 14 heavy (non-hydrogen) atoms. The summed E-state index contributed by atoms with van der Waals surface area (Å²) >= 11 is -0.782. The van der Waals surface area contributed by atoms with Gasteiger partial charge in [0.25, 0.3) is 0 Å². The van der Waals surface area contributed by atoms with Gasteiger partial charge in [-0.2, -0.15) is 0 Å². The van der Waals surface area contributed by atoms with Crippen LogP contribution in [0, 0.1) is 0 Å². The summed E-state index contributed by atoms with van der Waals surface area (Å²) in [5.41, 5.74) is 2.38. The van der Waals surface area contributed by atoms with Crippen LogP contribution in [0.3, 0.4) is 0 Å². The number of rotatable bonds is 1. The number of fused-ring (bicyclic) bond motifs is 1. The van der Waals surface area contributed by atoms with Gasteiger partial charge < -0.3 is 4.55 Å². The summed E-state index contributed by atoms with van der Waals surface area (Å²) in [6, 6.07) is 1.91. The van der Waals surface area contributed by atoms with E-state index in [0.717, 1.165) is 29.2 Å². The molecule has 0 saturated carbocycles. The molecule has 3 heteroatoms. The summed E-state index contributed by atoms with van der Waals surface area (Å²) in [6.45, 7) is 4.28. The Morgan fingerprint density at radius 2 is 2.29 bits per heavy atom. The Balaban J connectivity index is 2.49. The number of hydrogen-bond acceptors (Lipinski definition) is 2. The normalized spacial score (nSPS) is 21.0. The van der Waals surface area contributed by atoms with Gasteiger partial charge in [0.05, 0.1) is 5.69 Å². The van der Waals surface area contributed by atoms with E-state index >= 15 is 0 Å². The minimum atomic E-state index is -0.782. The van der Waals surface area contributed by atoms with Crippen LogP contribution < -0.4 is 0 Å². The molecule has 0 saturated heterocycles. The molecule has 2 rings (SSSR count). The average Bonchev–Trinajstić information content (AvgIpc) is 2.17. The lowest BCUT2D eigenvalue weighted by molar-refractivity contribution is 0.583. The molecule has 1 atom stereocenters. The average molecular weight is 209 g/mol. The first-order chi connectivity index (χ1) is 6.70. The second-order valence-corrected chi connectivity index (χ2v) is 5.52. The second-order valence-electron chi connectivity index (χ2n) is 3.98. The molecule has 76 valence electrons. The van der Waals surface area contributed by atoms with Crippen LogP contribution in [0.5, 0.6) is 0 Å². The summed E-state index contributed by atoms with van der Waals surface area (Å²) in [5, 5.41) is 0. The molecule has 0 aromatic carbocycles. The van der Waals surface area contributed by atoms with Crippen LogP contribution >= 0.6 is 0 Å². The Morgan fingerprint density at radius 1 is 1.50 bits per heavy atom. The molecule has 2 heterocycles. The first-order valence-corrected chi connectivity index (χ1v) is 6.38. The van der Waals surface area contributed by atoms with Gasteiger partial charge in [0, 0.05) is 17.8 Å². The molecule has 0 bridgehead atoms. The maximum atomic E-state index is 11.7. The van der Waals surface area contributed by atoms with Crippen molar-refractivity contribution in [1.82, 2.24) is 4.98 Å². The van der Waals surface area contributed by atoms with E-state index in [9.17, 15) is 4.55 Å². The third-order valence-electron chi connectivity index (χ3n) is 2.59. The molecule has 0 spiro atoms. The molecule has 1 aliphatic heterocycles. The van der Waals surface area contributed by atoms with Crippen molar-refractivity contribution < 1.29 is 4.55 Å². The van der Waals surface area contributed by atoms with Gasteiger partial charge in [-0.15, -0.1) is 0 Å². The Labute approximate surface area is 87.9 Å². The van der Waals surface area contributed by atoms with Gasteiger partial charge in [0.1, 0.15) is 5.75 Å². The van der Waals surface area contributed by atoms with Gasteiger partial charge in [-0.1, -0.05) is 13.8 Å². The van der Waals surface area contributed by atoms with Crippen molar-refractivity contribution in [1.29, 1.82) is 0 Å². The van der Waals surface area contributed by atoms with Gasteiger partial charge >= 0.3 is 0 Å². The van der Waals surface area contributed by atoms with E-state index in [4.69, 9.17) is 0 Å². The summed E-state index contributed by atoms with van der Waals surface area (Å²) in [7, 11) is 0. The maximum absolute atomic E-state index is 11.7. The highest BCUT2D eigenvalue weighted by molar-refractivity contribution is 7.91. The lowest BCUT2D eigenvalue weighted by Crippen LogP contribution is -2.18. The molecule has 0 amide bonds. The molecule has 0 aliphatic carbocycles.